The van der Waals surface area contributed by atoms with Crippen LogP contribution in [0.3, 0.4) is 0 Å². The van der Waals surface area contributed by atoms with Crippen molar-refractivity contribution in [3.8, 4) is 0 Å². The Morgan fingerprint density at radius 3 is 2.85 bits per heavy atom. The van der Waals surface area contributed by atoms with Crippen molar-refractivity contribution in [2.75, 3.05) is 6.16 Å². The fourth-order valence-corrected chi connectivity index (χ4v) is 2.18. The molecule has 0 aromatic carbocycles. The third kappa shape index (κ3) is 3.99. The number of nitrogens with one attached hydrogen (secondary N) is 1. The smallest absolute Gasteiger partial charge is 0.324 e. The number of hydrogen-bond donors (Lipinski definition) is 3. The summed E-state index contributed by atoms with van der Waals surface area (Å²) < 4.78 is 10.5. The summed E-state index contributed by atoms with van der Waals surface area (Å²) in [5.74, 6) is 0.508. The molecule has 1 heterocycles. The van der Waals surface area contributed by atoms with E-state index in [1.54, 1.807) is 0 Å². The van der Waals surface area contributed by atoms with E-state index in [1.807, 2.05) is 0 Å². The molecule has 0 amide bonds. The van der Waals surface area contributed by atoms with E-state index < -0.39 is 7.60 Å². The zero-order valence-corrected chi connectivity index (χ0v) is 9.07. The van der Waals surface area contributed by atoms with Gasteiger partial charge in [-0.25, -0.2) is 4.98 Å². The lowest BCUT2D eigenvalue weighted by Gasteiger charge is -2.06. The molecule has 0 radical (unpaired) electrons. The van der Waals surface area contributed by atoms with E-state index in [4.69, 9.17) is 9.79 Å². The molecular weight excluding hydrogens is 261 g/mol. The first-order valence-electron chi connectivity index (χ1n) is 3.53. The first kappa shape index (κ1) is 10.8. The second-order valence-electron chi connectivity index (χ2n) is 2.50. The number of halogens is 1. The van der Waals surface area contributed by atoms with Crippen LogP contribution in [0.5, 0.6) is 0 Å². The molecular formula is C5H9BrN3O3P. The number of aromatic nitrogens is 3. The number of H-pyrrole nitrogens is 1. The average molecular weight is 270 g/mol. The molecule has 1 unspecified atom stereocenters. The summed E-state index contributed by atoms with van der Waals surface area (Å²) in [4.78, 5) is 20.8. The van der Waals surface area contributed by atoms with Gasteiger partial charge in [0.05, 0.1) is 11.0 Å². The van der Waals surface area contributed by atoms with Crippen LogP contribution in [0.2, 0.25) is 0 Å². The van der Waals surface area contributed by atoms with Gasteiger partial charge in [-0.1, -0.05) is 15.9 Å². The first-order valence-corrected chi connectivity index (χ1v) is 6.24. The molecule has 1 rings (SSSR count). The Morgan fingerprint density at radius 1 is 1.69 bits per heavy atom. The third-order valence-corrected chi connectivity index (χ3v) is 3.10. The molecule has 0 aliphatic rings. The Balaban J connectivity index is 2.43. The van der Waals surface area contributed by atoms with Crippen LogP contribution in [0.25, 0.3) is 0 Å². The monoisotopic (exact) mass is 269 g/mol. The zero-order chi connectivity index (χ0) is 9.90. The first-order chi connectivity index (χ1) is 5.99. The lowest BCUT2D eigenvalue weighted by Crippen LogP contribution is -1.97. The standard InChI is InChI=1S/C5H9BrN3O3P/c6-4(1-2-13(10,11)12)5-7-3-8-9-5/h3-4H,1-2H2,(H,7,8,9)(H2,10,11,12). The van der Waals surface area contributed by atoms with Crippen LogP contribution >= 0.6 is 23.5 Å². The van der Waals surface area contributed by atoms with Gasteiger partial charge in [-0.3, -0.25) is 9.66 Å². The molecule has 8 heteroatoms. The van der Waals surface area contributed by atoms with E-state index >= 15 is 0 Å². The van der Waals surface area contributed by atoms with Crippen LogP contribution in [-0.4, -0.2) is 31.1 Å². The van der Waals surface area contributed by atoms with Gasteiger partial charge in [0, 0.05) is 0 Å². The zero-order valence-electron chi connectivity index (χ0n) is 6.59. The van der Waals surface area contributed by atoms with Gasteiger partial charge in [0.25, 0.3) is 0 Å². The van der Waals surface area contributed by atoms with Crippen molar-refractivity contribution in [3.05, 3.63) is 12.2 Å². The fourth-order valence-electron chi connectivity index (χ4n) is 0.780. The number of rotatable bonds is 4. The van der Waals surface area contributed by atoms with Gasteiger partial charge >= 0.3 is 7.60 Å². The van der Waals surface area contributed by atoms with E-state index in [0.717, 1.165) is 0 Å². The van der Waals surface area contributed by atoms with Crippen LogP contribution in [0.15, 0.2) is 6.33 Å². The van der Waals surface area contributed by atoms with Crippen molar-refractivity contribution in [2.24, 2.45) is 0 Å². The number of hydrogen-bond acceptors (Lipinski definition) is 3. The van der Waals surface area contributed by atoms with E-state index in [9.17, 15) is 4.57 Å². The van der Waals surface area contributed by atoms with Crippen molar-refractivity contribution in [1.29, 1.82) is 0 Å². The highest BCUT2D eigenvalue weighted by Crippen LogP contribution is 2.38. The SMILES string of the molecule is O=P(O)(O)CCC(Br)c1nc[nH]n1. The Morgan fingerprint density at radius 2 is 2.38 bits per heavy atom. The second-order valence-corrected chi connectivity index (χ2v) is 5.38. The second kappa shape index (κ2) is 4.32. The number of alkyl halides is 1. The summed E-state index contributed by atoms with van der Waals surface area (Å²) >= 11 is 3.23. The van der Waals surface area contributed by atoms with E-state index in [2.05, 4.69) is 31.1 Å². The van der Waals surface area contributed by atoms with Gasteiger partial charge < -0.3 is 9.79 Å². The van der Waals surface area contributed by atoms with Crippen LogP contribution < -0.4 is 0 Å². The largest absolute Gasteiger partial charge is 0.325 e. The maximum atomic E-state index is 10.5. The van der Waals surface area contributed by atoms with Crippen molar-refractivity contribution in [3.63, 3.8) is 0 Å². The molecule has 1 aromatic heterocycles. The molecule has 0 aliphatic heterocycles. The Bertz CT molecular complexity index is 298. The van der Waals surface area contributed by atoms with E-state index in [1.165, 1.54) is 6.33 Å². The minimum atomic E-state index is -3.92. The van der Waals surface area contributed by atoms with Crippen molar-refractivity contribution >= 4 is 23.5 Å². The molecule has 0 bridgehead atoms. The molecule has 0 spiro atoms. The maximum Gasteiger partial charge on any atom is 0.325 e. The normalized spacial score (nSPS) is 14.4. The Hall–Kier alpha value is -0.230. The van der Waals surface area contributed by atoms with Crippen LogP contribution in [-0.2, 0) is 4.57 Å². The molecule has 3 N–H and O–H groups in total. The fraction of sp³-hybridized carbons (Fsp3) is 0.600. The van der Waals surface area contributed by atoms with Gasteiger partial charge in [0.15, 0.2) is 5.82 Å². The lowest BCUT2D eigenvalue weighted by atomic mass is 10.3. The quantitative estimate of drug-likeness (QED) is 0.555. The predicted octanol–water partition coefficient (Wildman–Crippen LogP) is 0.808. The molecule has 1 aromatic rings. The molecule has 0 fully saturated rings. The van der Waals surface area contributed by atoms with Crippen LogP contribution in [0.1, 0.15) is 17.1 Å². The molecule has 13 heavy (non-hydrogen) atoms. The van der Waals surface area contributed by atoms with Crippen LogP contribution in [0, 0.1) is 0 Å². The molecule has 74 valence electrons. The van der Waals surface area contributed by atoms with Crippen LogP contribution in [0.4, 0.5) is 0 Å². The number of nitrogens with zero attached hydrogens (tertiary/aromatic N) is 2. The maximum absolute atomic E-state index is 10.5. The van der Waals surface area contributed by atoms with Crippen molar-refractivity contribution in [1.82, 2.24) is 15.2 Å². The predicted molar refractivity (Wildman–Crippen MR) is 49.6 cm³/mol. The molecule has 0 saturated heterocycles. The van der Waals surface area contributed by atoms with E-state index in [-0.39, 0.29) is 11.0 Å². The highest BCUT2D eigenvalue weighted by molar-refractivity contribution is 9.09. The summed E-state index contributed by atoms with van der Waals surface area (Å²) in [6.45, 7) is 0. The minimum absolute atomic E-state index is 0.169. The third-order valence-electron chi connectivity index (χ3n) is 1.39. The Labute approximate surface area is 83.1 Å². The van der Waals surface area contributed by atoms with Gasteiger partial charge in [0.1, 0.15) is 6.33 Å². The van der Waals surface area contributed by atoms with Gasteiger partial charge in [-0.2, -0.15) is 5.10 Å². The highest BCUT2D eigenvalue weighted by Gasteiger charge is 2.18. The summed E-state index contributed by atoms with van der Waals surface area (Å²) in [6, 6.07) is 0. The minimum Gasteiger partial charge on any atom is -0.324 e. The molecule has 6 nitrogen and oxygen atoms in total. The molecule has 1 atom stereocenters. The summed E-state index contributed by atoms with van der Waals surface area (Å²) in [5.41, 5.74) is 0. The number of aromatic amines is 1. The molecule has 0 aliphatic carbocycles. The molecule has 0 saturated carbocycles. The lowest BCUT2D eigenvalue weighted by molar-refractivity contribution is 0.371. The summed E-state index contributed by atoms with van der Waals surface area (Å²) in [7, 11) is -3.92. The van der Waals surface area contributed by atoms with Gasteiger partial charge in [-0.15, -0.1) is 0 Å². The summed E-state index contributed by atoms with van der Waals surface area (Å²) in [6.07, 6.45) is 1.56. The van der Waals surface area contributed by atoms with Gasteiger partial charge in [0.2, 0.25) is 0 Å². The topological polar surface area (TPSA) is 99.1 Å². The van der Waals surface area contributed by atoms with Crippen molar-refractivity contribution in [2.45, 2.75) is 11.2 Å². The highest BCUT2D eigenvalue weighted by atomic mass is 79.9. The van der Waals surface area contributed by atoms with Crippen molar-refractivity contribution < 1.29 is 14.4 Å². The summed E-state index contributed by atoms with van der Waals surface area (Å²) in [5, 5.41) is 6.30. The average Bonchev–Trinajstić information content (AvgIpc) is 2.50. The van der Waals surface area contributed by atoms with Gasteiger partial charge in [-0.05, 0) is 6.42 Å². The Kier molecular flexibility index (Phi) is 3.61. The van der Waals surface area contributed by atoms with E-state index in [0.29, 0.717) is 12.2 Å².